The molecule has 1 aliphatic rings. The SMILES string of the molecule is [C-]#[N+]C[C@H]1CN(C)CCN1C(C)(C)C. The molecule has 1 fully saturated rings. The molecule has 0 aromatic carbocycles. The molecule has 1 aliphatic heterocycles. The lowest BCUT2D eigenvalue weighted by Gasteiger charge is -2.45. The van der Waals surface area contributed by atoms with Crippen LogP contribution in [0.5, 0.6) is 0 Å². The Balaban J connectivity index is 2.68. The van der Waals surface area contributed by atoms with Crippen molar-refractivity contribution < 1.29 is 0 Å². The molecule has 80 valence electrons. The average molecular weight is 195 g/mol. The van der Waals surface area contributed by atoms with Gasteiger partial charge in [0.25, 0.3) is 0 Å². The van der Waals surface area contributed by atoms with Gasteiger partial charge in [-0.15, -0.1) is 0 Å². The normalized spacial score (nSPS) is 26.1. The van der Waals surface area contributed by atoms with Gasteiger partial charge < -0.3 is 9.74 Å². The van der Waals surface area contributed by atoms with Gasteiger partial charge >= 0.3 is 0 Å². The molecule has 0 aromatic heterocycles. The van der Waals surface area contributed by atoms with E-state index >= 15 is 0 Å². The van der Waals surface area contributed by atoms with Crippen LogP contribution in [0.3, 0.4) is 0 Å². The van der Waals surface area contributed by atoms with Crippen LogP contribution < -0.4 is 0 Å². The smallest absolute Gasteiger partial charge is 0.231 e. The van der Waals surface area contributed by atoms with Crippen molar-refractivity contribution in [1.82, 2.24) is 9.80 Å². The largest absolute Gasteiger partial charge is 0.315 e. The number of likely N-dealkylation sites (N-methyl/N-ethyl adjacent to an activating group) is 1. The first-order valence-corrected chi connectivity index (χ1v) is 5.23. The lowest BCUT2D eigenvalue weighted by molar-refractivity contribution is 0.0263. The molecular formula is C11H21N3. The molecule has 0 N–H and O–H groups in total. The Morgan fingerprint density at radius 1 is 1.36 bits per heavy atom. The zero-order valence-corrected chi connectivity index (χ0v) is 9.75. The maximum absolute atomic E-state index is 6.98. The third kappa shape index (κ3) is 2.70. The summed E-state index contributed by atoms with van der Waals surface area (Å²) in [5.74, 6) is 0. The van der Waals surface area contributed by atoms with E-state index in [4.69, 9.17) is 6.57 Å². The number of hydrogen-bond acceptors (Lipinski definition) is 2. The van der Waals surface area contributed by atoms with Gasteiger partial charge in [-0.25, -0.2) is 6.57 Å². The number of piperazine rings is 1. The molecule has 0 saturated carbocycles. The lowest BCUT2D eigenvalue weighted by Crippen LogP contribution is -2.59. The van der Waals surface area contributed by atoms with E-state index in [1.165, 1.54) is 0 Å². The number of rotatable bonds is 1. The van der Waals surface area contributed by atoms with E-state index < -0.39 is 0 Å². The van der Waals surface area contributed by atoms with Crippen LogP contribution in [0.15, 0.2) is 0 Å². The molecule has 3 nitrogen and oxygen atoms in total. The van der Waals surface area contributed by atoms with Crippen LogP contribution >= 0.6 is 0 Å². The first-order chi connectivity index (χ1) is 6.45. The predicted molar refractivity (Wildman–Crippen MR) is 59.2 cm³/mol. The molecule has 0 aromatic rings. The Morgan fingerprint density at radius 3 is 2.50 bits per heavy atom. The second kappa shape index (κ2) is 4.29. The Kier molecular flexibility index (Phi) is 3.52. The van der Waals surface area contributed by atoms with Crippen molar-refractivity contribution in [2.24, 2.45) is 0 Å². The quantitative estimate of drug-likeness (QED) is 0.584. The van der Waals surface area contributed by atoms with Crippen LogP contribution in [0, 0.1) is 6.57 Å². The topological polar surface area (TPSA) is 10.8 Å². The molecule has 0 aliphatic carbocycles. The zero-order valence-electron chi connectivity index (χ0n) is 9.75. The average Bonchev–Trinajstić information content (AvgIpc) is 2.02. The van der Waals surface area contributed by atoms with Crippen LogP contribution in [0.4, 0.5) is 0 Å². The van der Waals surface area contributed by atoms with Crippen molar-refractivity contribution in [3.63, 3.8) is 0 Å². The summed E-state index contributed by atoms with van der Waals surface area (Å²) in [4.78, 5) is 8.32. The van der Waals surface area contributed by atoms with Gasteiger partial charge in [0.15, 0.2) is 0 Å². The van der Waals surface area contributed by atoms with Crippen molar-refractivity contribution in [2.75, 3.05) is 33.2 Å². The zero-order chi connectivity index (χ0) is 10.8. The van der Waals surface area contributed by atoms with Crippen molar-refractivity contribution >= 4 is 0 Å². The molecule has 0 bridgehead atoms. The summed E-state index contributed by atoms with van der Waals surface area (Å²) >= 11 is 0. The standard InChI is InChI=1S/C11H21N3/c1-11(2,3)14-7-6-13(5)9-10(14)8-12-4/h10H,6-9H2,1-3,5H3/t10-/m0/s1. The summed E-state index contributed by atoms with van der Waals surface area (Å²) in [5, 5.41) is 0. The molecule has 1 rings (SSSR count). The van der Waals surface area contributed by atoms with Crippen LogP contribution in [-0.4, -0.2) is 54.6 Å². The molecule has 3 heteroatoms. The molecule has 14 heavy (non-hydrogen) atoms. The van der Waals surface area contributed by atoms with Gasteiger partial charge in [0.2, 0.25) is 6.54 Å². The maximum atomic E-state index is 6.98. The molecule has 0 amide bonds. The third-order valence-electron chi connectivity index (χ3n) is 2.85. The fourth-order valence-electron chi connectivity index (χ4n) is 2.16. The van der Waals surface area contributed by atoms with E-state index in [1.807, 2.05) is 0 Å². The Morgan fingerprint density at radius 2 is 2.00 bits per heavy atom. The molecule has 1 heterocycles. The molecule has 1 saturated heterocycles. The van der Waals surface area contributed by atoms with Gasteiger partial charge in [-0.2, -0.15) is 0 Å². The minimum absolute atomic E-state index is 0.191. The van der Waals surface area contributed by atoms with Crippen LogP contribution in [-0.2, 0) is 0 Å². The minimum atomic E-state index is 0.191. The molecule has 0 unspecified atom stereocenters. The summed E-state index contributed by atoms with van der Waals surface area (Å²) < 4.78 is 0. The summed E-state index contributed by atoms with van der Waals surface area (Å²) in [6, 6.07) is 0.409. The van der Waals surface area contributed by atoms with Crippen LogP contribution in [0.2, 0.25) is 0 Å². The van der Waals surface area contributed by atoms with Gasteiger partial charge in [-0.1, -0.05) is 0 Å². The second-order valence-electron chi connectivity index (χ2n) is 5.12. The predicted octanol–water partition coefficient (Wildman–Crippen LogP) is 1.32. The number of nitrogens with zero attached hydrogens (tertiary/aromatic N) is 3. The van der Waals surface area contributed by atoms with Crippen molar-refractivity contribution in [3.8, 4) is 0 Å². The highest BCUT2D eigenvalue weighted by Gasteiger charge is 2.34. The Labute approximate surface area is 87.5 Å². The minimum Gasteiger partial charge on any atom is -0.315 e. The van der Waals surface area contributed by atoms with E-state index in [0.29, 0.717) is 12.6 Å². The van der Waals surface area contributed by atoms with E-state index in [0.717, 1.165) is 19.6 Å². The first kappa shape index (κ1) is 11.5. The third-order valence-corrected chi connectivity index (χ3v) is 2.85. The van der Waals surface area contributed by atoms with E-state index in [1.54, 1.807) is 0 Å². The number of hydrogen-bond donors (Lipinski definition) is 0. The highest BCUT2D eigenvalue weighted by molar-refractivity contribution is 4.92. The summed E-state index contributed by atoms with van der Waals surface area (Å²) in [5.41, 5.74) is 0.191. The van der Waals surface area contributed by atoms with Crippen LogP contribution in [0.1, 0.15) is 20.8 Å². The maximum Gasteiger partial charge on any atom is 0.231 e. The van der Waals surface area contributed by atoms with Crippen molar-refractivity contribution in [1.29, 1.82) is 0 Å². The van der Waals surface area contributed by atoms with Crippen molar-refractivity contribution in [3.05, 3.63) is 11.4 Å². The van der Waals surface area contributed by atoms with Gasteiger partial charge in [-0.05, 0) is 27.8 Å². The Bertz CT molecular complexity index is 224. The Hall–Kier alpha value is -0.590. The van der Waals surface area contributed by atoms with Gasteiger partial charge in [0.05, 0.1) is 6.04 Å². The second-order valence-corrected chi connectivity index (χ2v) is 5.12. The van der Waals surface area contributed by atoms with E-state index in [-0.39, 0.29) is 5.54 Å². The molecule has 1 atom stereocenters. The summed E-state index contributed by atoms with van der Waals surface area (Å²) in [6.45, 7) is 17.5. The molecule has 0 radical (unpaired) electrons. The van der Waals surface area contributed by atoms with Crippen LogP contribution in [0.25, 0.3) is 4.85 Å². The van der Waals surface area contributed by atoms with Crippen molar-refractivity contribution in [2.45, 2.75) is 32.4 Å². The van der Waals surface area contributed by atoms with E-state index in [2.05, 4.69) is 42.5 Å². The highest BCUT2D eigenvalue weighted by Crippen LogP contribution is 2.20. The van der Waals surface area contributed by atoms with E-state index in [9.17, 15) is 0 Å². The van der Waals surface area contributed by atoms with Gasteiger partial charge in [0.1, 0.15) is 0 Å². The monoisotopic (exact) mass is 195 g/mol. The highest BCUT2D eigenvalue weighted by atomic mass is 15.3. The van der Waals surface area contributed by atoms with Gasteiger partial charge in [-0.3, -0.25) is 4.90 Å². The summed E-state index contributed by atoms with van der Waals surface area (Å²) in [7, 11) is 2.14. The first-order valence-electron chi connectivity index (χ1n) is 5.23. The fourth-order valence-corrected chi connectivity index (χ4v) is 2.16. The summed E-state index contributed by atoms with van der Waals surface area (Å²) in [6.07, 6.45) is 0. The fraction of sp³-hybridized carbons (Fsp3) is 0.909. The van der Waals surface area contributed by atoms with Gasteiger partial charge in [0, 0.05) is 25.2 Å². The molecular weight excluding hydrogens is 174 g/mol. The molecule has 0 spiro atoms. The lowest BCUT2D eigenvalue weighted by atomic mass is 10.0.